The number of aromatic nitrogens is 1. The summed E-state index contributed by atoms with van der Waals surface area (Å²) in [4.78, 5) is 11.3. The molecule has 1 aliphatic rings. The van der Waals surface area contributed by atoms with Crippen molar-refractivity contribution in [3.05, 3.63) is 102 Å². The number of benzene rings is 3. The monoisotopic (exact) mass is 622 g/mol. The number of ether oxygens (including phenoxy) is 1. The van der Waals surface area contributed by atoms with Crippen LogP contribution in [0.15, 0.2) is 89.8 Å². The van der Waals surface area contributed by atoms with Crippen LogP contribution in [0.2, 0.25) is 0 Å². The number of aliphatic hydroxyl groups excluding tert-OH is 1. The Kier molecular flexibility index (Phi) is 19.5. The molecule has 1 saturated heterocycles. The van der Waals surface area contributed by atoms with Gasteiger partial charge in [0.25, 0.3) is 0 Å². The van der Waals surface area contributed by atoms with Crippen molar-refractivity contribution in [2.45, 2.75) is 84.9 Å². The molecule has 0 unspecified atom stereocenters. The molecular formula is C37H51FN2O3S. The fraction of sp³-hybridized carbons (Fsp3) is 0.378. The summed E-state index contributed by atoms with van der Waals surface area (Å²) >= 11 is 4.82. The first-order valence-electron chi connectivity index (χ1n) is 15.7. The molecule has 0 spiro atoms. The molecule has 44 heavy (non-hydrogen) atoms. The molecule has 5 rings (SSSR count). The Labute approximate surface area is 269 Å². The first-order valence-corrected chi connectivity index (χ1v) is 16.1. The molecule has 5 nitrogen and oxygen atoms in total. The van der Waals surface area contributed by atoms with Crippen molar-refractivity contribution in [3.63, 3.8) is 0 Å². The Balaban J connectivity index is 0.000000378. The Morgan fingerprint density at radius 1 is 0.909 bits per heavy atom. The molecule has 1 aromatic heterocycles. The number of rotatable bonds is 6. The highest BCUT2D eigenvalue weighted by Crippen LogP contribution is 2.41. The largest absolute Gasteiger partial charge is 0.465 e. The summed E-state index contributed by atoms with van der Waals surface area (Å²) in [5.74, 6) is -0.504. The van der Waals surface area contributed by atoms with Gasteiger partial charge < -0.3 is 19.7 Å². The van der Waals surface area contributed by atoms with E-state index < -0.39 is 6.10 Å². The summed E-state index contributed by atoms with van der Waals surface area (Å²) < 4.78 is 20.2. The van der Waals surface area contributed by atoms with Crippen LogP contribution in [0.3, 0.4) is 0 Å². The lowest BCUT2D eigenvalue weighted by Gasteiger charge is -2.15. The van der Waals surface area contributed by atoms with Crippen molar-refractivity contribution >= 4 is 18.6 Å². The minimum Gasteiger partial charge on any atom is -0.465 e. The number of thiol groups is 1. The molecule has 0 amide bonds. The van der Waals surface area contributed by atoms with Gasteiger partial charge >= 0.3 is 5.97 Å². The molecule has 4 aromatic rings. The van der Waals surface area contributed by atoms with Crippen LogP contribution in [0, 0.1) is 5.82 Å². The zero-order valence-electron chi connectivity index (χ0n) is 27.4. The molecule has 2 heterocycles. The van der Waals surface area contributed by atoms with E-state index in [1.807, 2.05) is 83.3 Å². The van der Waals surface area contributed by atoms with Crippen molar-refractivity contribution in [1.29, 1.82) is 0 Å². The lowest BCUT2D eigenvalue weighted by molar-refractivity contribution is -0.151. The van der Waals surface area contributed by atoms with Crippen molar-refractivity contribution in [2.75, 3.05) is 13.7 Å². The van der Waals surface area contributed by atoms with Crippen LogP contribution < -0.4 is 5.32 Å². The average Bonchev–Trinajstić information content (AvgIpc) is 3.36. The Hall–Kier alpha value is -3.39. The summed E-state index contributed by atoms with van der Waals surface area (Å²) in [6, 6.07) is 27.3. The lowest BCUT2D eigenvalue weighted by atomic mass is 10.0. The van der Waals surface area contributed by atoms with E-state index in [1.54, 1.807) is 0 Å². The van der Waals surface area contributed by atoms with Gasteiger partial charge in [0.1, 0.15) is 5.82 Å². The number of halogens is 1. The number of nitrogens with one attached hydrogen (secondary N) is 1. The van der Waals surface area contributed by atoms with E-state index in [0.29, 0.717) is 13.0 Å². The Bertz CT molecular complexity index is 1330. The van der Waals surface area contributed by atoms with Gasteiger partial charge in [-0.05, 0) is 61.3 Å². The highest BCUT2D eigenvalue weighted by molar-refractivity contribution is 7.80. The van der Waals surface area contributed by atoms with E-state index in [2.05, 4.69) is 52.7 Å². The van der Waals surface area contributed by atoms with Crippen molar-refractivity contribution in [3.8, 4) is 22.4 Å². The van der Waals surface area contributed by atoms with Crippen LogP contribution in [0.25, 0.3) is 22.4 Å². The van der Waals surface area contributed by atoms with Crippen LogP contribution in [0.4, 0.5) is 4.39 Å². The SMILES string of the molecule is CC.CC.CCc1c(S)c(-c2ccccc2)c(-c2ccc(F)cc2)n1CC.CNCc1ccccc1.O=C1C[C@H](O)CCO1. The molecule has 0 saturated carbocycles. The Morgan fingerprint density at radius 2 is 1.48 bits per heavy atom. The van der Waals surface area contributed by atoms with Gasteiger partial charge in [-0.1, -0.05) is 95.3 Å². The standard InChI is InChI=1S/C20H20FNS.C8H11N.C5H8O3.2C2H6/c1-3-17-20(23)18(14-8-6-5-7-9-14)19(22(17)4-2)15-10-12-16(21)13-11-15;1-9-7-8-5-3-2-4-6-8;6-4-1-2-8-5(7)3-4;2*1-2/h5-13,23H,3-4H2,1-2H3;2-6,9H,7H2,1H3;4,6H,1-3H2;2*1-2H3/t;;4-;;/m..1../s1. The van der Waals surface area contributed by atoms with E-state index in [0.717, 1.165) is 46.8 Å². The molecule has 1 fully saturated rings. The van der Waals surface area contributed by atoms with Crippen molar-refractivity contribution < 1.29 is 19.0 Å². The second kappa shape index (κ2) is 22.2. The molecule has 0 aliphatic carbocycles. The number of hydrogen-bond acceptors (Lipinski definition) is 5. The van der Waals surface area contributed by atoms with Crippen molar-refractivity contribution in [2.24, 2.45) is 0 Å². The third kappa shape index (κ3) is 11.9. The molecule has 0 radical (unpaired) electrons. The number of hydrogen-bond donors (Lipinski definition) is 3. The molecule has 0 bridgehead atoms. The molecular weight excluding hydrogens is 571 g/mol. The number of carbonyl (C=O) groups excluding carboxylic acids is 1. The van der Waals surface area contributed by atoms with Crippen LogP contribution in [0.1, 0.15) is 65.6 Å². The van der Waals surface area contributed by atoms with Gasteiger partial charge in [0.05, 0.1) is 24.8 Å². The maximum absolute atomic E-state index is 13.3. The first kappa shape index (κ1) is 38.6. The molecule has 240 valence electrons. The van der Waals surface area contributed by atoms with Gasteiger partial charge in [0.15, 0.2) is 0 Å². The third-order valence-corrected chi connectivity index (χ3v) is 7.00. The second-order valence-electron chi connectivity index (χ2n) is 9.37. The van der Waals surface area contributed by atoms with Gasteiger partial charge in [-0.3, -0.25) is 4.79 Å². The Morgan fingerprint density at radius 3 is 1.93 bits per heavy atom. The minimum absolute atomic E-state index is 0.167. The third-order valence-electron chi connectivity index (χ3n) is 6.51. The summed E-state index contributed by atoms with van der Waals surface area (Å²) in [6.45, 7) is 14.5. The summed E-state index contributed by atoms with van der Waals surface area (Å²) in [7, 11) is 1.95. The second-order valence-corrected chi connectivity index (χ2v) is 9.82. The van der Waals surface area contributed by atoms with Crippen LogP contribution in [0.5, 0.6) is 0 Å². The number of nitrogens with zero attached hydrogens (tertiary/aromatic N) is 1. The molecule has 3 aromatic carbocycles. The van der Waals surface area contributed by atoms with Gasteiger partial charge in [-0.15, -0.1) is 12.6 Å². The zero-order valence-corrected chi connectivity index (χ0v) is 28.3. The molecule has 7 heteroatoms. The van der Waals surface area contributed by atoms with E-state index in [-0.39, 0.29) is 18.2 Å². The number of carbonyl (C=O) groups is 1. The fourth-order valence-corrected chi connectivity index (χ4v) is 5.12. The number of aliphatic hydroxyl groups is 1. The van der Waals surface area contributed by atoms with E-state index in [4.69, 9.17) is 17.7 Å². The van der Waals surface area contributed by atoms with Crippen molar-refractivity contribution in [1.82, 2.24) is 9.88 Å². The molecule has 1 aliphatic heterocycles. The van der Waals surface area contributed by atoms with Gasteiger partial charge in [-0.25, -0.2) is 4.39 Å². The topological polar surface area (TPSA) is 63.5 Å². The smallest absolute Gasteiger partial charge is 0.308 e. The molecule has 1 atom stereocenters. The van der Waals surface area contributed by atoms with Gasteiger partial charge in [0.2, 0.25) is 0 Å². The first-order chi connectivity index (χ1) is 21.4. The number of cyclic esters (lactones) is 1. The van der Waals surface area contributed by atoms with Crippen LogP contribution in [-0.2, 0) is 29.0 Å². The normalized spacial score (nSPS) is 13.3. The summed E-state index contributed by atoms with van der Waals surface area (Å²) in [5.41, 5.74) is 6.94. The van der Waals surface area contributed by atoms with Crippen LogP contribution in [-0.4, -0.2) is 35.4 Å². The maximum atomic E-state index is 13.3. The van der Waals surface area contributed by atoms with Crippen LogP contribution >= 0.6 is 12.6 Å². The van der Waals surface area contributed by atoms with E-state index >= 15 is 0 Å². The summed E-state index contributed by atoms with van der Waals surface area (Å²) in [5, 5.41) is 11.9. The fourth-order valence-electron chi connectivity index (χ4n) is 4.61. The zero-order chi connectivity index (χ0) is 32.9. The average molecular weight is 623 g/mol. The highest BCUT2D eigenvalue weighted by atomic mass is 32.1. The predicted molar refractivity (Wildman–Crippen MR) is 186 cm³/mol. The minimum atomic E-state index is -0.462. The predicted octanol–water partition coefficient (Wildman–Crippen LogP) is 8.97. The molecule has 2 N–H and O–H groups in total. The highest BCUT2D eigenvalue weighted by Gasteiger charge is 2.21. The maximum Gasteiger partial charge on any atom is 0.308 e. The lowest BCUT2D eigenvalue weighted by Crippen LogP contribution is -2.24. The van der Waals surface area contributed by atoms with Gasteiger partial charge in [0, 0.05) is 35.7 Å². The van der Waals surface area contributed by atoms with E-state index in [1.165, 1.54) is 23.4 Å². The summed E-state index contributed by atoms with van der Waals surface area (Å²) in [6.07, 6.45) is 1.20. The quantitative estimate of drug-likeness (QED) is 0.148. The van der Waals surface area contributed by atoms with E-state index in [9.17, 15) is 9.18 Å². The van der Waals surface area contributed by atoms with Gasteiger partial charge in [-0.2, -0.15) is 0 Å². The number of esters is 1.